The van der Waals surface area contributed by atoms with E-state index < -0.39 is 5.91 Å². The van der Waals surface area contributed by atoms with Crippen LogP contribution in [-0.4, -0.2) is 33.9 Å². The molecule has 25 heavy (non-hydrogen) atoms. The van der Waals surface area contributed by atoms with Crippen LogP contribution in [0.5, 0.6) is 0 Å². The third kappa shape index (κ3) is 4.95. The van der Waals surface area contributed by atoms with E-state index in [9.17, 15) is 9.18 Å². The highest BCUT2D eigenvalue weighted by Crippen LogP contribution is 2.09. The summed E-state index contributed by atoms with van der Waals surface area (Å²) in [7, 11) is 1.51. The molecule has 0 aliphatic carbocycles. The fourth-order valence-electron chi connectivity index (χ4n) is 2.13. The first-order valence-electron chi connectivity index (χ1n) is 7.48. The van der Waals surface area contributed by atoms with Crippen LogP contribution in [0.4, 0.5) is 4.39 Å². The molecular weight excluding hydrogens is 325 g/mol. The first kappa shape index (κ1) is 18.3. The van der Waals surface area contributed by atoms with Crippen molar-refractivity contribution in [1.29, 1.82) is 0 Å². The molecule has 0 saturated heterocycles. The van der Waals surface area contributed by atoms with Crippen LogP contribution in [0.2, 0.25) is 0 Å². The van der Waals surface area contributed by atoms with Crippen LogP contribution in [0.1, 0.15) is 33.1 Å². The number of hydrogen-bond donors (Lipinski definition) is 3. The van der Waals surface area contributed by atoms with Gasteiger partial charge < -0.3 is 11.1 Å². The Kier molecular flexibility index (Phi) is 5.60. The molecule has 0 unspecified atom stereocenters. The van der Waals surface area contributed by atoms with Gasteiger partial charge in [-0.3, -0.25) is 4.79 Å². The van der Waals surface area contributed by atoms with E-state index in [1.807, 2.05) is 0 Å². The lowest BCUT2D eigenvalue weighted by molar-refractivity contribution is 0.0945. The highest BCUT2D eigenvalue weighted by Gasteiger charge is 2.13. The Morgan fingerprint density at radius 3 is 2.60 bits per heavy atom. The summed E-state index contributed by atoms with van der Waals surface area (Å²) in [6.45, 7) is 3.55. The van der Waals surface area contributed by atoms with E-state index >= 15 is 0 Å². The lowest BCUT2D eigenvalue weighted by Gasteiger charge is -2.09. The molecule has 8 nitrogen and oxygen atoms in total. The smallest absolute Gasteiger partial charge is 0.270 e. The zero-order valence-corrected chi connectivity index (χ0v) is 14.2. The number of nitrogens with zero attached hydrogens (tertiary/aromatic N) is 4. The van der Waals surface area contributed by atoms with Crippen molar-refractivity contribution >= 4 is 11.7 Å². The van der Waals surface area contributed by atoms with Gasteiger partial charge in [-0.15, -0.1) is 5.10 Å². The van der Waals surface area contributed by atoms with Crippen LogP contribution in [0, 0.1) is 19.7 Å². The summed E-state index contributed by atoms with van der Waals surface area (Å²) in [6.07, 6.45) is 0. The third-order valence-corrected chi connectivity index (χ3v) is 3.27. The number of nitrogens with two attached hydrogens (primary N) is 2. The zero-order chi connectivity index (χ0) is 18.6. The standard InChI is InChI=1S/C16H20FN7O/c1-9-6-11(4-5-12(9)17)8-20-16(25)14-7-13(21-10(2)22-14)15(18)23-24(3)19/h4-7H,8,19H2,1-3H3,(H2,18,23)(H,20,25). The molecule has 0 aliphatic rings. The minimum absolute atomic E-state index is 0.0682. The first-order chi connectivity index (χ1) is 11.8. The molecule has 0 bridgehead atoms. The number of nitrogens with one attached hydrogen (secondary N) is 1. The van der Waals surface area contributed by atoms with Crippen LogP contribution in [-0.2, 0) is 6.54 Å². The van der Waals surface area contributed by atoms with Gasteiger partial charge in [0, 0.05) is 13.6 Å². The van der Waals surface area contributed by atoms with Gasteiger partial charge in [-0.05, 0) is 37.1 Å². The topological polar surface area (TPSA) is 123 Å². The normalized spacial score (nSPS) is 11.3. The number of amides is 1. The molecule has 132 valence electrons. The molecule has 2 rings (SSSR count). The highest BCUT2D eigenvalue weighted by atomic mass is 19.1. The summed E-state index contributed by atoms with van der Waals surface area (Å²) in [5.74, 6) is 5.17. The van der Waals surface area contributed by atoms with Gasteiger partial charge in [-0.1, -0.05) is 12.1 Å². The molecule has 0 spiro atoms. The number of hydrazone groups is 1. The van der Waals surface area contributed by atoms with Crippen molar-refractivity contribution in [3.8, 4) is 0 Å². The fraction of sp³-hybridized carbons (Fsp3) is 0.250. The van der Waals surface area contributed by atoms with E-state index in [1.165, 1.54) is 19.2 Å². The summed E-state index contributed by atoms with van der Waals surface area (Å²) < 4.78 is 13.3. The Balaban J connectivity index is 2.16. The second kappa shape index (κ2) is 7.67. The molecule has 0 saturated carbocycles. The highest BCUT2D eigenvalue weighted by molar-refractivity contribution is 5.99. The van der Waals surface area contributed by atoms with Gasteiger partial charge in [0.15, 0.2) is 5.84 Å². The zero-order valence-electron chi connectivity index (χ0n) is 14.2. The molecule has 9 heteroatoms. The fourth-order valence-corrected chi connectivity index (χ4v) is 2.13. The van der Waals surface area contributed by atoms with Crippen LogP contribution in [0.3, 0.4) is 0 Å². The number of carbonyl (C=O) groups is 1. The van der Waals surface area contributed by atoms with Crippen LogP contribution >= 0.6 is 0 Å². The van der Waals surface area contributed by atoms with Gasteiger partial charge in [-0.25, -0.2) is 25.3 Å². The van der Waals surface area contributed by atoms with Gasteiger partial charge in [0.2, 0.25) is 0 Å². The number of halogens is 1. The minimum atomic E-state index is -0.400. The maximum absolute atomic E-state index is 13.3. The second-order valence-corrected chi connectivity index (χ2v) is 5.51. The van der Waals surface area contributed by atoms with Crippen molar-refractivity contribution < 1.29 is 9.18 Å². The number of hydrazine groups is 1. The van der Waals surface area contributed by atoms with Crippen LogP contribution < -0.4 is 16.9 Å². The first-order valence-corrected chi connectivity index (χ1v) is 7.48. The number of hydrogen-bond acceptors (Lipinski definition) is 6. The molecule has 1 amide bonds. The number of carbonyl (C=O) groups excluding carboxylic acids is 1. The van der Waals surface area contributed by atoms with E-state index in [-0.39, 0.29) is 23.9 Å². The molecular formula is C16H20FN7O. The van der Waals surface area contributed by atoms with Gasteiger partial charge in [0.1, 0.15) is 23.0 Å². The number of aryl methyl sites for hydroxylation is 2. The van der Waals surface area contributed by atoms with E-state index in [2.05, 4.69) is 20.4 Å². The maximum Gasteiger partial charge on any atom is 0.270 e. The predicted molar refractivity (Wildman–Crippen MR) is 91.8 cm³/mol. The Labute approximate surface area is 144 Å². The Bertz CT molecular complexity index is 820. The molecule has 1 aromatic heterocycles. The molecule has 0 atom stereocenters. The third-order valence-electron chi connectivity index (χ3n) is 3.27. The molecule has 5 N–H and O–H groups in total. The second-order valence-electron chi connectivity index (χ2n) is 5.51. The minimum Gasteiger partial charge on any atom is -0.380 e. The lowest BCUT2D eigenvalue weighted by Crippen LogP contribution is -2.28. The Morgan fingerprint density at radius 1 is 1.28 bits per heavy atom. The van der Waals surface area contributed by atoms with Crippen molar-refractivity contribution in [2.24, 2.45) is 16.7 Å². The Hall–Kier alpha value is -3.07. The van der Waals surface area contributed by atoms with Crippen LogP contribution in [0.25, 0.3) is 0 Å². The summed E-state index contributed by atoms with van der Waals surface area (Å²) >= 11 is 0. The molecule has 1 aromatic carbocycles. The van der Waals surface area contributed by atoms with E-state index in [1.54, 1.807) is 26.0 Å². The number of amidine groups is 1. The number of aromatic nitrogens is 2. The number of rotatable bonds is 5. The van der Waals surface area contributed by atoms with Crippen molar-refractivity contribution in [3.63, 3.8) is 0 Å². The van der Waals surface area contributed by atoms with Gasteiger partial charge in [0.25, 0.3) is 5.91 Å². The van der Waals surface area contributed by atoms with Crippen molar-refractivity contribution in [2.75, 3.05) is 7.05 Å². The van der Waals surface area contributed by atoms with Gasteiger partial charge in [0.05, 0.1) is 0 Å². The summed E-state index contributed by atoms with van der Waals surface area (Å²) in [5.41, 5.74) is 7.55. The molecule has 2 aromatic rings. The van der Waals surface area contributed by atoms with Gasteiger partial charge >= 0.3 is 0 Å². The summed E-state index contributed by atoms with van der Waals surface area (Å²) in [4.78, 5) is 20.6. The quantitative estimate of drug-likeness (QED) is 0.315. The van der Waals surface area contributed by atoms with Crippen molar-refractivity contribution in [3.05, 3.63) is 58.4 Å². The average Bonchev–Trinajstić information content (AvgIpc) is 2.54. The maximum atomic E-state index is 13.3. The summed E-state index contributed by atoms with van der Waals surface area (Å²) in [6, 6.07) is 6.08. The largest absolute Gasteiger partial charge is 0.380 e. The Morgan fingerprint density at radius 2 is 1.96 bits per heavy atom. The molecule has 0 radical (unpaired) electrons. The molecule has 0 fully saturated rings. The monoisotopic (exact) mass is 345 g/mol. The van der Waals surface area contributed by atoms with Gasteiger partial charge in [-0.2, -0.15) is 0 Å². The molecule has 0 aliphatic heterocycles. The van der Waals surface area contributed by atoms with Crippen molar-refractivity contribution in [1.82, 2.24) is 20.4 Å². The SMILES string of the molecule is Cc1nc(C(=O)NCc2ccc(F)c(C)c2)cc(/C(N)=N/N(C)N)n1. The predicted octanol–water partition coefficient (Wildman–Crippen LogP) is 0.588. The lowest BCUT2D eigenvalue weighted by atomic mass is 10.1. The average molecular weight is 345 g/mol. The molecule has 1 heterocycles. The number of benzene rings is 1. The summed E-state index contributed by atoms with van der Waals surface area (Å²) in [5, 5.41) is 7.62. The van der Waals surface area contributed by atoms with E-state index in [4.69, 9.17) is 11.6 Å². The van der Waals surface area contributed by atoms with Crippen LogP contribution in [0.15, 0.2) is 29.4 Å². The van der Waals surface area contributed by atoms with Crippen molar-refractivity contribution in [2.45, 2.75) is 20.4 Å². The van der Waals surface area contributed by atoms with E-state index in [0.717, 1.165) is 10.7 Å². The van der Waals surface area contributed by atoms with E-state index in [0.29, 0.717) is 17.1 Å².